The fourth-order valence-corrected chi connectivity index (χ4v) is 4.92. The first-order valence-electron chi connectivity index (χ1n) is 13.3. The average molecular weight is 528 g/mol. The summed E-state index contributed by atoms with van der Waals surface area (Å²) in [5, 5.41) is 5.63. The molecule has 5 rings (SSSR count). The van der Waals surface area contributed by atoms with Crippen molar-refractivity contribution in [2.45, 2.75) is 12.5 Å². The number of piperazine rings is 2. The third-order valence-electron chi connectivity index (χ3n) is 7.00. The van der Waals surface area contributed by atoms with Crippen LogP contribution in [0.3, 0.4) is 0 Å². The van der Waals surface area contributed by atoms with Crippen molar-refractivity contribution in [3.63, 3.8) is 0 Å². The van der Waals surface area contributed by atoms with Crippen molar-refractivity contribution in [1.82, 2.24) is 15.1 Å². The van der Waals surface area contributed by atoms with Gasteiger partial charge in [0.1, 0.15) is 17.5 Å². The first-order chi connectivity index (χ1) is 19.0. The van der Waals surface area contributed by atoms with Gasteiger partial charge in [-0.1, -0.05) is 36.4 Å². The number of benzene rings is 3. The Morgan fingerprint density at radius 1 is 0.821 bits per heavy atom. The lowest BCUT2D eigenvalue weighted by Crippen LogP contribution is -2.60. The molecule has 2 saturated heterocycles. The number of nitrogens with one attached hydrogen (secondary N) is 2. The molecule has 0 bridgehead atoms. The molecule has 2 fully saturated rings. The first-order valence-corrected chi connectivity index (χ1v) is 13.3. The van der Waals surface area contributed by atoms with E-state index in [0.717, 1.165) is 31.9 Å². The SMILES string of the molecule is O=C(C[C@H]1C(=O)NCCN1C(=O)CN1CCN(c2ccccc2)CC1)Nc1ccc(Oc2ccccc2)cc1. The molecule has 2 aliphatic heterocycles. The van der Waals surface area contributed by atoms with E-state index in [4.69, 9.17) is 4.74 Å². The Kier molecular flexibility index (Phi) is 8.38. The second-order valence-electron chi connectivity index (χ2n) is 9.68. The molecule has 3 aromatic carbocycles. The normalized spacial score (nSPS) is 17.8. The van der Waals surface area contributed by atoms with Gasteiger partial charge in [-0.15, -0.1) is 0 Å². The molecule has 2 aliphatic rings. The van der Waals surface area contributed by atoms with Crippen molar-refractivity contribution < 1.29 is 19.1 Å². The molecular formula is C30H33N5O4. The second kappa shape index (κ2) is 12.4. The van der Waals surface area contributed by atoms with Crippen molar-refractivity contribution in [2.24, 2.45) is 0 Å². The summed E-state index contributed by atoms with van der Waals surface area (Å²) in [5.74, 6) is 0.610. The van der Waals surface area contributed by atoms with Crippen LogP contribution in [0.25, 0.3) is 0 Å². The molecule has 2 heterocycles. The smallest absolute Gasteiger partial charge is 0.243 e. The summed E-state index contributed by atoms with van der Waals surface area (Å²) in [5.41, 5.74) is 1.77. The van der Waals surface area contributed by atoms with Crippen LogP contribution in [0.15, 0.2) is 84.9 Å². The zero-order chi connectivity index (χ0) is 27.0. The molecule has 0 radical (unpaired) electrons. The number of para-hydroxylation sites is 2. The number of hydrogen-bond acceptors (Lipinski definition) is 6. The van der Waals surface area contributed by atoms with Crippen molar-refractivity contribution in [1.29, 1.82) is 0 Å². The quantitative estimate of drug-likeness (QED) is 0.468. The van der Waals surface area contributed by atoms with Crippen LogP contribution in [0.2, 0.25) is 0 Å². The number of ether oxygens (including phenoxy) is 1. The van der Waals surface area contributed by atoms with E-state index in [9.17, 15) is 14.4 Å². The summed E-state index contributed by atoms with van der Waals surface area (Å²) in [6, 6.07) is 25.9. The molecule has 3 amide bonds. The summed E-state index contributed by atoms with van der Waals surface area (Å²) in [6.45, 7) is 4.19. The number of carbonyl (C=O) groups is 3. The van der Waals surface area contributed by atoms with E-state index in [1.807, 2.05) is 48.5 Å². The molecular weight excluding hydrogens is 494 g/mol. The maximum Gasteiger partial charge on any atom is 0.243 e. The fourth-order valence-electron chi connectivity index (χ4n) is 4.92. The van der Waals surface area contributed by atoms with E-state index in [1.54, 1.807) is 29.2 Å². The highest BCUT2D eigenvalue weighted by Crippen LogP contribution is 2.23. The predicted molar refractivity (Wildman–Crippen MR) is 150 cm³/mol. The van der Waals surface area contributed by atoms with E-state index in [-0.39, 0.29) is 30.7 Å². The zero-order valence-electron chi connectivity index (χ0n) is 21.8. The molecule has 0 saturated carbocycles. The maximum absolute atomic E-state index is 13.2. The van der Waals surface area contributed by atoms with Crippen LogP contribution in [0.4, 0.5) is 11.4 Å². The predicted octanol–water partition coefficient (Wildman–Crippen LogP) is 2.96. The van der Waals surface area contributed by atoms with Crippen LogP contribution < -0.4 is 20.3 Å². The summed E-state index contributed by atoms with van der Waals surface area (Å²) in [7, 11) is 0. The number of hydrogen-bond donors (Lipinski definition) is 2. The Morgan fingerprint density at radius 2 is 1.46 bits per heavy atom. The van der Waals surface area contributed by atoms with Crippen molar-refractivity contribution in [3.05, 3.63) is 84.9 Å². The topological polar surface area (TPSA) is 94.2 Å². The Balaban J connectivity index is 1.13. The van der Waals surface area contributed by atoms with Gasteiger partial charge in [-0.3, -0.25) is 19.3 Å². The lowest BCUT2D eigenvalue weighted by atomic mass is 10.1. The van der Waals surface area contributed by atoms with Gasteiger partial charge in [-0.25, -0.2) is 0 Å². The molecule has 2 N–H and O–H groups in total. The number of nitrogens with zero attached hydrogens (tertiary/aromatic N) is 3. The molecule has 1 atom stereocenters. The van der Waals surface area contributed by atoms with Crippen LogP contribution in [0.1, 0.15) is 6.42 Å². The minimum atomic E-state index is -0.836. The van der Waals surface area contributed by atoms with Gasteiger partial charge in [0.2, 0.25) is 17.7 Å². The molecule has 0 spiro atoms. The van der Waals surface area contributed by atoms with Crippen LogP contribution in [-0.4, -0.2) is 79.4 Å². The molecule has 0 aromatic heterocycles. The Morgan fingerprint density at radius 3 is 2.15 bits per heavy atom. The standard InChI is InChI=1S/C30H33N5O4/c36-28(32-23-11-13-26(14-12-23)39-25-9-5-2-6-10-25)21-27-30(38)31-15-16-35(27)29(37)22-33-17-19-34(20-18-33)24-7-3-1-4-8-24/h1-14,27H,15-22H2,(H,31,38)(H,32,36)/t27-/m0/s1. The highest BCUT2D eigenvalue weighted by Gasteiger charge is 2.35. The minimum absolute atomic E-state index is 0.109. The highest BCUT2D eigenvalue weighted by atomic mass is 16.5. The van der Waals surface area contributed by atoms with E-state index in [0.29, 0.717) is 24.5 Å². The number of amides is 3. The first kappa shape index (κ1) is 26.2. The molecule has 9 nitrogen and oxygen atoms in total. The Labute approximate surface area is 228 Å². The third-order valence-corrected chi connectivity index (χ3v) is 7.00. The largest absolute Gasteiger partial charge is 0.457 e. The summed E-state index contributed by atoms with van der Waals surface area (Å²) < 4.78 is 5.79. The number of anilines is 2. The molecule has 0 unspecified atom stereocenters. The van der Waals surface area contributed by atoms with Gasteiger partial charge in [0, 0.05) is 50.6 Å². The van der Waals surface area contributed by atoms with Crippen molar-refractivity contribution >= 4 is 29.1 Å². The summed E-state index contributed by atoms with van der Waals surface area (Å²) in [4.78, 5) is 44.8. The van der Waals surface area contributed by atoms with E-state index in [1.165, 1.54) is 5.69 Å². The van der Waals surface area contributed by atoms with Crippen LogP contribution in [0, 0.1) is 0 Å². The van der Waals surface area contributed by atoms with Crippen molar-refractivity contribution in [2.75, 3.05) is 56.0 Å². The molecule has 39 heavy (non-hydrogen) atoms. The summed E-state index contributed by atoms with van der Waals surface area (Å²) in [6.07, 6.45) is -0.109. The maximum atomic E-state index is 13.2. The average Bonchev–Trinajstić information content (AvgIpc) is 2.96. The van der Waals surface area contributed by atoms with Gasteiger partial charge in [0.05, 0.1) is 13.0 Å². The molecule has 3 aromatic rings. The lowest BCUT2D eigenvalue weighted by molar-refractivity contribution is -0.145. The minimum Gasteiger partial charge on any atom is -0.457 e. The van der Waals surface area contributed by atoms with Gasteiger partial charge in [0.25, 0.3) is 0 Å². The molecule has 0 aliphatic carbocycles. The van der Waals surface area contributed by atoms with Crippen LogP contribution in [0.5, 0.6) is 11.5 Å². The van der Waals surface area contributed by atoms with Gasteiger partial charge in [-0.05, 0) is 48.5 Å². The Bertz CT molecular complexity index is 1260. The third kappa shape index (κ3) is 6.94. The number of carbonyl (C=O) groups excluding carboxylic acids is 3. The lowest BCUT2D eigenvalue weighted by Gasteiger charge is -2.39. The fraction of sp³-hybridized carbons (Fsp3) is 0.300. The second-order valence-corrected chi connectivity index (χ2v) is 9.68. The van der Waals surface area contributed by atoms with Crippen molar-refractivity contribution in [3.8, 4) is 11.5 Å². The van der Waals surface area contributed by atoms with E-state index >= 15 is 0 Å². The number of rotatable bonds is 8. The van der Waals surface area contributed by atoms with E-state index < -0.39 is 6.04 Å². The van der Waals surface area contributed by atoms with Gasteiger partial charge in [-0.2, -0.15) is 0 Å². The summed E-state index contributed by atoms with van der Waals surface area (Å²) >= 11 is 0. The monoisotopic (exact) mass is 527 g/mol. The zero-order valence-corrected chi connectivity index (χ0v) is 21.8. The molecule has 202 valence electrons. The molecule has 9 heteroatoms. The van der Waals surface area contributed by atoms with E-state index in [2.05, 4.69) is 32.6 Å². The van der Waals surface area contributed by atoms with Crippen LogP contribution >= 0.6 is 0 Å². The van der Waals surface area contributed by atoms with Gasteiger partial charge >= 0.3 is 0 Å². The highest BCUT2D eigenvalue weighted by molar-refractivity contribution is 5.97. The van der Waals surface area contributed by atoms with Gasteiger partial charge < -0.3 is 25.2 Å². The van der Waals surface area contributed by atoms with Gasteiger partial charge in [0.15, 0.2) is 0 Å². The Hall–Kier alpha value is -4.37. The van der Waals surface area contributed by atoms with Crippen LogP contribution in [-0.2, 0) is 14.4 Å².